The van der Waals surface area contributed by atoms with Crippen molar-refractivity contribution in [3.63, 3.8) is 0 Å². The van der Waals surface area contributed by atoms with E-state index in [1.807, 2.05) is 17.8 Å². The predicted octanol–water partition coefficient (Wildman–Crippen LogP) is 1.74. The number of nitrogens with two attached hydrogens (primary N) is 1. The average Bonchev–Trinajstić information content (AvgIpc) is 2.28. The van der Waals surface area contributed by atoms with Gasteiger partial charge in [0.25, 0.3) is 0 Å². The molecular weight excluding hydrogens is 150 g/mol. The molecule has 1 saturated carbocycles. The van der Waals surface area contributed by atoms with E-state index in [1.165, 1.54) is 12.8 Å². The Bertz CT molecular complexity index is 284. The first-order chi connectivity index (χ1) is 5.68. The normalized spacial score (nSPS) is 28.5. The van der Waals surface area contributed by atoms with Gasteiger partial charge in [-0.05, 0) is 25.7 Å². The highest BCUT2D eigenvalue weighted by molar-refractivity contribution is 5.37. The van der Waals surface area contributed by atoms with Gasteiger partial charge in [-0.15, -0.1) is 0 Å². The van der Waals surface area contributed by atoms with Crippen LogP contribution in [0.3, 0.4) is 0 Å². The summed E-state index contributed by atoms with van der Waals surface area (Å²) in [6, 6.07) is 0.564. The van der Waals surface area contributed by atoms with Gasteiger partial charge in [-0.25, -0.2) is 4.68 Å². The van der Waals surface area contributed by atoms with Crippen LogP contribution >= 0.6 is 0 Å². The fourth-order valence-corrected chi connectivity index (χ4v) is 1.81. The lowest BCUT2D eigenvalue weighted by atomic mass is 9.82. The predicted molar refractivity (Wildman–Crippen MR) is 48.8 cm³/mol. The second-order valence-electron chi connectivity index (χ2n) is 3.89. The maximum atomic E-state index is 5.86. The topological polar surface area (TPSA) is 43.8 Å². The smallest absolute Gasteiger partial charge is 0.124 e. The molecule has 2 N–H and O–H groups in total. The van der Waals surface area contributed by atoms with Crippen LogP contribution in [0.25, 0.3) is 0 Å². The monoisotopic (exact) mass is 165 g/mol. The molecule has 0 radical (unpaired) electrons. The first-order valence-electron chi connectivity index (χ1n) is 4.48. The van der Waals surface area contributed by atoms with E-state index in [0.29, 0.717) is 6.04 Å². The minimum atomic E-state index is 0.564. The molecule has 2 rings (SSSR count). The zero-order chi connectivity index (χ0) is 8.72. The second kappa shape index (κ2) is 2.51. The molecule has 1 aliphatic rings. The third kappa shape index (κ3) is 1.00. The van der Waals surface area contributed by atoms with Crippen LogP contribution < -0.4 is 5.73 Å². The SMILES string of the molecule is Cc1cnn(C2CC(C)C2)c1N. The quantitative estimate of drug-likeness (QED) is 0.689. The van der Waals surface area contributed by atoms with Gasteiger partial charge in [0.2, 0.25) is 0 Å². The number of rotatable bonds is 1. The van der Waals surface area contributed by atoms with Crippen molar-refractivity contribution in [1.82, 2.24) is 9.78 Å². The van der Waals surface area contributed by atoms with Crippen molar-refractivity contribution in [2.45, 2.75) is 32.7 Å². The molecule has 1 aromatic heterocycles. The van der Waals surface area contributed by atoms with Crippen molar-refractivity contribution in [2.24, 2.45) is 5.92 Å². The lowest BCUT2D eigenvalue weighted by molar-refractivity contribution is 0.203. The van der Waals surface area contributed by atoms with Gasteiger partial charge >= 0.3 is 0 Å². The number of nitrogen functional groups attached to an aromatic ring is 1. The van der Waals surface area contributed by atoms with Gasteiger partial charge in [0.05, 0.1) is 12.2 Å². The van der Waals surface area contributed by atoms with Gasteiger partial charge in [0, 0.05) is 5.56 Å². The molecule has 1 aromatic rings. The summed E-state index contributed by atoms with van der Waals surface area (Å²) >= 11 is 0. The van der Waals surface area contributed by atoms with E-state index in [1.54, 1.807) is 0 Å². The zero-order valence-electron chi connectivity index (χ0n) is 7.62. The first kappa shape index (κ1) is 7.65. The molecular formula is C9H15N3. The molecule has 3 heteroatoms. The molecule has 0 spiro atoms. The van der Waals surface area contributed by atoms with E-state index in [0.717, 1.165) is 17.3 Å². The fourth-order valence-electron chi connectivity index (χ4n) is 1.81. The highest BCUT2D eigenvalue weighted by atomic mass is 15.3. The van der Waals surface area contributed by atoms with Crippen LogP contribution in [0.15, 0.2) is 6.20 Å². The Morgan fingerprint density at radius 3 is 2.67 bits per heavy atom. The summed E-state index contributed by atoms with van der Waals surface area (Å²) in [7, 11) is 0. The van der Waals surface area contributed by atoms with Crippen molar-refractivity contribution in [3.8, 4) is 0 Å². The number of aromatic nitrogens is 2. The van der Waals surface area contributed by atoms with E-state index in [4.69, 9.17) is 5.73 Å². The molecule has 1 fully saturated rings. The first-order valence-corrected chi connectivity index (χ1v) is 4.48. The number of hydrogen-bond donors (Lipinski definition) is 1. The Balaban J connectivity index is 2.18. The van der Waals surface area contributed by atoms with Crippen molar-refractivity contribution < 1.29 is 0 Å². The summed E-state index contributed by atoms with van der Waals surface area (Å²) in [4.78, 5) is 0. The minimum Gasteiger partial charge on any atom is -0.384 e. The molecule has 0 aromatic carbocycles. The standard InChI is InChI=1S/C9H15N3/c1-6-3-8(4-6)12-9(10)7(2)5-11-12/h5-6,8H,3-4,10H2,1-2H3. The highest BCUT2D eigenvalue weighted by Gasteiger charge is 2.28. The van der Waals surface area contributed by atoms with E-state index in [9.17, 15) is 0 Å². The average molecular weight is 165 g/mol. The highest BCUT2D eigenvalue weighted by Crippen LogP contribution is 2.38. The van der Waals surface area contributed by atoms with Gasteiger partial charge < -0.3 is 5.73 Å². The molecule has 12 heavy (non-hydrogen) atoms. The van der Waals surface area contributed by atoms with Gasteiger partial charge in [0.1, 0.15) is 5.82 Å². The summed E-state index contributed by atoms with van der Waals surface area (Å²) < 4.78 is 1.97. The molecule has 0 saturated heterocycles. The van der Waals surface area contributed by atoms with Crippen LogP contribution in [0.1, 0.15) is 31.4 Å². The van der Waals surface area contributed by atoms with E-state index in [-0.39, 0.29) is 0 Å². The Morgan fingerprint density at radius 1 is 1.58 bits per heavy atom. The van der Waals surface area contributed by atoms with Crippen LogP contribution in [-0.2, 0) is 0 Å². The molecule has 0 unspecified atom stereocenters. The Morgan fingerprint density at radius 2 is 2.25 bits per heavy atom. The zero-order valence-corrected chi connectivity index (χ0v) is 7.62. The summed E-state index contributed by atoms with van der Waals surface area (Å²) in [6.07, 6.45) is 4.30. The summed E-state index contributed by atoms with van der Waals surface area (Å²) in [5.41, 5.74) is 6.95. The lowest BCUT2D eigenvalue weighted by Crippen LogP contribution is -2.26. The summed E-state index contributed by atoms with van der Waals surface area (Å²) in [6.45, 7) is 4.27. The molecule has 1 aliphatic carbocycles. The van der Waals surface area contributed by atoms with Crippen LogP contribution in [-0.4, -0.2) is 9.78 Å². The molecule has 0 aliphatic heterocycles. The molecule has 3 nitrogen and oxygen atoms in total. The molecule has 0 bridgehead atoms. The second-order valence-corrected chi connectivity index (χ2v) is 3.89. The third-order valence-electron chi connectivity index (χ3n) is 2.72. The Labute approximate surface area is 72.6 Å². The van der Waals surface area contributed by atoms with Crippen molar-refractivity contribution in [1.29, 1.82) is 0 Å². The summed E-state index contributed by atoms with van der Waals surface area (Å²) in [5, 5.41) is 4.26. The van der Waals surface area contributed by atoms with Gasteiger partial charge in [0.15, 0.2) is 0 Å². The molecule has 1 heterocycles. The number of aryl methyl sites for hydroxylation is 1. The van der Waals surface area contributed by atoms with E-state index in [2.05, 4.69) is 12.0 Å². The number of anilines is 1. The van der Waals surface area contributed by atoms with E-state index < -0.39 is 0 Å². The van der Waals surface area contributed by atoms with Gasteiger partial charge in [-0.3, -0.25) is 0 Å². The lowest BCUT2D eigenvalue weighted by Gasteiger charge is -2.33. The van der Waals surface area contributed by atoms with Crippen molar-refractivity contribution >= 4 is 5.82 Å². The molecule has 0 atom stereocenters. The van der Waals surface area contributed by atoms with Crippen LogP contribution in [0, 0.1) is 12.8 Å². The fraction of sp³-hybridized carbons (Fsp3) is 0.667. The maximum Gasteiger partial charge on any atom is 0.124 e. The Hall–Kier alpha value is -0.990. The largest absolute Gasteiger partial charge is 0.384 e. The molecule has 66 valence electrons. The van der Waals surface area contributed by atoms with Crippen LogP contribution in [0.2, 0.25) is 0 Å². The van der Waals surface area contributed by atoms with Crippen molar-refractivity contribution in [2.75, 3.05) is 5.73 Å². The maximum absolute atomic E-state index is 5.86. The van der Waals surface area contributed by atoms with Gasteiger partial charge in [-0.1, -0.05) is 6.92 Å². The molecule has 0 amide bonds. The van der Waals surface area contributed by atoms with Gasteiger partial charge in [-0.2, -0.15) is 5.10 Å². The Kier molecular flexibility index (Phi) is 1.60. The number of hydrogen-bond acceptors (Lipinski definition) is 2. The van der Waals surface area contributed by atoms with E-state index >= 15 is 0 Å². The minimum absolute atomic E-state index is 0.564. The summed E-state index contributed by atoms with van der Waals surface area (Å²) in [5.74, 6) is 1.69. The van der Waals surface area contributed by atoms with Crippen LogP contribution in [0.4, 0.5) is 5.82 Å². The number of nitrogens with zero attached hydrogens (tertiary/aromatic N) is 2. The van der Waals surface area contributed by atoms with Crippen LogP contribution in [0.5, 0.6) is 0 Å². The third-order valence-corrected chi connectivity index (χ3v) is 2.72. The van der Waals surface area contributed by atoms with Crippen molar-refractivity contribution in [3.05, 3.63) is 11.8 Å².